The Morgan fingerprint density at radius 1 is 1.17 bits per heavy atom. The van der Waals surface area contributed by atoms with Crippen molar-refractivity contribution in [3.8, 4) is 11.8 Å². The van der Waals surface area contributed by atoms with Gasteiger partial charge >= 0.3 is 0 Å². The Hall–Kier alpha value is -3.00. The maximum atomic E-state index is 12.0. The molecule has 0 aliphatic heterocycles. The van der Waals surface area contributed by atoms with E-state index in [0.29, 0.717) is 18.5 Å². The third kappa shape index (κ3) is 5.65. The second-order valence-electron chi connectivity index (χ2n) is 5.61. The summed E-state index contributed by atoms with van der Waals surface area (Å²) in [5.74, 6) is 0.707. The summed E-state index contributed by atoms with van der Waals surface area (Å²) < 4.78 is 5.56. The zero-order valence-corrected chi connectivity index (χ0v) is 13.9. The minimum Gasteiger partial charge on any atom is -0.491 e. The summed E-state index contributed by atoms with van der Waals surface area (Å²) in [6.07, 6.45) is 0.456. The predicted molar refractivity (Wildman–Crippen MR) is 95.1 cm³/mol. The van der Waals surface area contributed by atoms with E-state index in [0.717, 1.165) is 17.1 Å². The van der Waals surface area contributed by atoms with Crippen LogP contribution in [0.3, 0.4) is 0 Å². The molecule has 2 aromatic carbocycles. The lowest BCUT2D eigenvalue weighted by atomic mass is 10.2. The predicted octanol–water partition coefficient (Wildman–Crippen LogP) is 3.79. The average molecular weight is 323 g/mol. The Kier molecular flexibility index (Phi) is 6.21. The third-order valence-corrected chi connectivity index (χ3v) is 3.18. The molecule has 0 heterocycles. The summed E-state index contributed by atoms with van der Waals surface area (Å²) in [5, 5.41) is 14.8. The molecule has 5 heteroatoms. The molecule has 0 saturated carbocycles. The largest absolute Gasteiger partial charge is 0.491 e. The summed E-state index contributed by atoms with van der Waals surface area (Å²) in [6, 6.07) is 16.6. The highest BCUT2D eigenvalue weighted by molar-refractivity contribution is 5.91. The lowest BCUT2D eigenvalue weighted by Gasteiger charge is -2.11. The van der Waals surface area contributed by atoms with Crippen molar-refractivity contribution in [1.29, 1.82) is 5.26 Å². The normalized spacial score (nSPS) is 10.1. The Morgan fingerprint density at radius 2 is 1.92 bits per heavy atom. The molecule has 0 fully saturated rings. The number of hydrogen-bond donors (Lipinski definition) is 2. The molecular weight excluding hydrogens is 302 g/mol. The van der Waals surface area contributed by atoms with E-state index < -0.39 is 0 Å². The van der Waals surface area contributed by atoms with Crippen LogP contribution in [0.2, 0.25) is 0 Å². The van der Waals surface area contributed by atoms with E-state index in [1.165, 1.54) is 0 Å². The van der Waals surface area contributed by atoms with Gasteiger partial charge in [0.15, 0.2) is 0 Å². The van der Waals surface area contributed by atoms with Crippen molar-refractivity contribution in [2.75, 3.05) is 17.2 Å². The fourth-order valence-electron chi connectivity index (χ4n) is 2.13. The first-order valence-electron chi connectivity index (χ1n) is 7.87. The number of nitrogens with zero attached hydrogens (tertiary/aromatic N) is 1. The van der Waals surface area contributed by atoms with Crippen molar-refractivity contribution >= 4 is 17.3 Å². The van der Waals surface area contributed by atoms with Gasteiger partial charge < -0.3 is 15.4 Å². The van der Waals surface area contributed by atoms with Gasteiger partial charge in [0, 0.05) is 24.3 Å². The van der Waals surface area contributed by atoms with E-state index in [4.69, 9.17) is 10.00 Å². The standard InChI is InChI=1S/C19H21N3O2/c1-14(2)24-18-8-6-16(7-9-18)22-19(23)10-11-21-17-5-3-4-15(12-17)13-20/h3-9,12,14,21H,10-11H2,1-2H3,(H,22,23). The molecule has 0 aliphatic rings. The number of carbonyl (C=O) groups excluding carboxylic acids is 1. The van der Waals surface area contributed by atoms with Gasteiger partial charge in [0.2, 0.25) is 5.91 Å². The van der Waals surface area contributed by atoms with Gasteiger partial charge in [-0.25, -0.2) is 0 Å². The SMILES string of the molecule is CC(C)Oc1ccc(NC(=O)CCNc2cccc(C#N)c2)cc1. The fourth-order valence-corrected chi connectivity index (χ4v) is 2.13. The number of nitriles is 1. The van der Waals surface area contributed by atoms with Crippen LogP contribution < -0.4 is 15.4 Å². The number of rotatable bonds is 7. The van der Waals surface area contributed by atoms with Gasteiger partial charge in [0.05, 0.1) is 17.7 Å². The Bertz CT molecular complexity index is 718. The highest BCUT2D eigenvalue weighted by Crippen LogP contribution is 2.17. The number of carbonyl (C=O) groups is 1. The number of anilines is 2. The molecule has 0 unspecified atom stereocenters. The van der Waals surface area contributed by atoms with Crippen LogP contribution in [0.25, 0.3) is 0 Å². The van der Waals surface area contributed by atoms with Gasteiger partial charge in [0.25, 0.3) is 0 Å². The molecule has 1 amide bonds. The van der Waals surface area contributed by atoms with Gasteiger partial charge in [-0.05, 0) is 56.3 Å². The first kappa shape index (κ1) is 17.4. The Morgan fingerprint density at radius 3 is 2.58 bits per heavy atom. The number of benzene rings is 2. The average Bonchev–Trinajstić information content (AvgIpc) is 2.56. The molecular formula is C19H21N3O2. The van der Waals surface area contributed by atoms with Crippen LogP contribution in [0, 0.1) is 11.3 Å². The summed E-state index contributed by atoms with van der Waals surface area (Å²) in [4.78, 5) is 12.0. The molecule has 0 spiro atoms. The minimum atomic E-state index is -0.0727. The number of hydrogen-bond acceptors (Lipinski definition) is 4. The summed E-state index contributed by atoms with van der Waals surface area (Å²) in [5.41, 5.74) is 2.16. The molecule has 0 aliphatic carbocycles. The van der Waals surface area contributed by atoms with Crippen molar-refractivity contribution in [1.82, 2.24) is 0 Å². The molecule has 0 atom stereocenters. The highest BCUT2D eigenvalue weighted by atomic mass is 16.5. The molecule has 0 bridgehead atoms. The van der Waals surface area contributed by atoms with Gasteiger partial charge in [-0.2, -0.15) is 5.26 Å². The highest BCUT2D eigenvalue weighted by Gasteiger charge is 2.04. The van der Waals surface area contributed by atoms with Crippen LogP contribution in [-0.2, 0) is 4.79 Å². The molecule has 2 N–H and O–H groups in total. The smallest absolute Gasteiger partial charge is 0.226 e. The molecule has 5 nitrogen and oxygen atoms in total. The Labute approximate surface area is 142 Å². The molecule has 24 heavy (non-hydrogen) atoms. The van der Waals surface area contributed by atoms with Crippen molar-refractivity contribution in [2.45, 2.75) is 26.4 Å². The zero-order chi connectivity index (χ0) is 17.4. The first-order valence-corrected chi connectivity index (χ1v) is 7.87. The van der Waals surface area contributed by atoms with Gasteiger partial charge in [-0.3, -0.25) is 4.79 Å². The van der Waals surface area contributed by atoms with Crippen LogP contribution in [0.5, 0.6) is 5.75 Å². The quantitative estimate of drug-likeness (QED) is 0.813. The zero-order valence-electron chi connectivity index (χ0n) is 13.9. The molecule has 2 rings (SSSR count). The number of amides is 1. The van der Waals surface area contributed by atoms with Crippen molar-refractivity contribution < 1.29 is 9.53 Å². The number of nitrogens with one attached hydrogen (secondary N) is 2. The van der Waals surface area contributed by atoms with E-state index in [2.05, 4.69) is 16.7 Å². The maximum absolute atomic E-state index is 12.0. The fraction of sp³-hybridized carbons (Fsp3) is 0.263. The van der Waals surface area contributed by atoms with E-state index in [1.807, 2.05) is 50.2 Å². The second-order valence-corrected chi connectivity index (χ2v) is 5.61. The van der Waals surface area contributed by atoms with E-state index in [9.17, 15) is 4.79 Å². The van der Waals surface area contributed by atoms with Gasteiger partial charge in [-0.15, -0.1) is 0 Å². The summed E-state index contributed by atoms with van der Waals surface area (Å²) in [6.45, 7) is 4.43. The van der Waals surface area contributed by atoms with Crippen molar-refractivity contribution in [3.05, 3.63) is 54.1 Å². The van der Waals surface area contributed by atoms with Crippen molar-refractivity contribution in [3.63, 3.8) is 0 Å². The second kappa shape index (κ2) is 8.59. The van der Waals surface area contributed by atoms with E-state index >= 15 is 0 Å². The first-order chi connectivity index (χ1) is 11.6. The molecule has 2 aromatic rings. The van der Waals surface area contributed by atoms with Gasteiger partial charge in [0.1, 0.15) is 5.75 Å². The lowest BCUT2D eigenvalue weighted by molar-refractivity contribution is -0.115. The molecule has 0 aromatic heterocycles. The number of ether oxygens (including phenoxy) is 1. The van der Waals surface area contributed by atoms with Crippen LogP contribution in [0.15, 0.2) is 48.5 Å². The van der Waals surface area contributed by atoms with E-state index in [1.54, 1.807) is 12.1 Å². The summed E-state index contributed by atoms with van der Waals surface area (Å²) >= 11 is 0. The van der Waals surface area contributed by atoms with Crippen LogP contribution >= 0.6 is 0 Å². The monoisotopic (exact) mass is 323 g/mol. The minimum absolute atomic E-state index is 0.0727. The van der Waals surface area contributed by atoms with Crippen LogP contribution in [0.1, 0.15) is 25.8 Å². The topological polar surface area (TPSA) is 74.2 Å². The lowest BCUT2D eigenvalue weighted by Crippen LogP contribution is -2.16. The maximum Gasteiger partial charge on any atom is 0.226 e. The Balaban J connectivity index is 1.77. The third-order valence-electron chi connectivity index (χ3n) is 3.18. The summed E-state index contributed by atoms with van der Waals surface area (Å²) in [7, 11) is 0. The molecule has 0 radical (unpaired) electrons. The van der Waals surface area contributed by atoms with Crippen molar-refractivity contribution in [2.24, 2.45) is 0 Å². The van der Waals surface area contributed by atoms with Crippen LogP contribution in [0.4, 0.5) is 11.4 Å². The molecule has 124 valence electrons. The van der Waals surface area contributed by atoms with Gasteiger partial charge in [-0.1, -0.05) is 6.07 Å². The van der Waals surface area contributed by atoms with Crippen LogP contribution in [-0.4, -0.2) is 18.6 Å². The van der Waals surface area contributed by atoms with E-state index in [-0.39, 0.29) is 12.0 Å². The molecule has 0 saturated heterocycles.